The van der Waals surface area contributed by atoms with Crippen molar-refractivity contribution in [2.45, 2.75) is 0 Å². The van der Waals surface area contributed by atoms with Crippen molar-refractivity contribution in [1.82, 2.24) is 0 Å². The summed E-state index contributed by atoms with van der Waals surface area (Å²) in [4.78, 5) is 33.9. The van der Waals surface area contributed by atoms with E-state index in [0.29, 0.717) is 11.5 Å². The highest BCUT2D eigenvalue weighted by Gasteiger charge is 2.20. The SMILES string of the molecule is O=C(O)c1cc(NOc2ccccc2)c(C(=O)O)cc1NOc1ccccc1. The molecule has 0 fully saturated rings. The van der Waals surface area contributed by atoms with E-state index < -0.39 is 11.9 Å². The molecule has 0 aromatic heterocycles. The number of carboxylic acids is 2. The number of aromatic carboxylic acids is 2. The number of hydrogen-bond donors (Lipinski definition) is 4. The van der Waals surface area contributed by atoms with Gasteiger partial charge in [-0.05, 0) is 36.4 Å². The Kier molecular flexibility index (Phi) is 5.61. The van der Waals surface area contributed by atoms with Crippen LogP contribution in [0.5, 0.6) is 11.5 Å². The van der Waals surface area contributed by atoms with E-state index in [1.807, 2.05) is 0 Å². The van der Waals surface area contributed by atoms with Crippen LogP contribution < -0.4 is 20.6 Å². The molecule has 3 aromatic carbocycles. The molecule has 0 atom stereocenters. The molecule has 3 aromatic rings. The molecule has 0 saturated carbocycles. The van der Waals surface area contributed by atoms with Gasteiger partial charge in [0, 0.05) is 0 Å². The van der Waals surface area contributed by atoms with Crippen LogP contribution in [0, 0.1) is 0 Å². The van der Waals surface area contributed by atoms with Gasteiger partial charge in [0.1, 0.15) is 0 Å². The monoisotopic (exact) mass is 380 g/mol. The minimum Gasteiger partial charge on any atom is -0.478 e. The number of carboxylic acid groups (broad SMARTS) is 2. The van der Waals surface area contributed by atoms with Gasteiger partial charge in [-0.3, -0.25) is 0 Å². The fourth-order valence-electron chi connectivity index (χ4n) is 2.33. The van der Waals surface area contributed by atoms with Crippen LogP contribution in [-0.2, 0) is 0 Å². The zero-order valence-electron chi connectivity index (χ0n) is 14.5. The molecule has 28 heavy (non-hydrogen) atoms. The van der Waals surface area contributed by atoms with Crippen molar-refractivity contribution in [3.05, 3.63) is 83.9 Å². The van der Waals surface area contributed by atoms with Crippen molar-refractivity contribution in [1.29, 1.82) is 0 Å². The summed E-state index contributed by atoms with van der Waals surface area (Å²) < 4.78 is 0. The highest BCUT2D eigenvalue weighted by Crippen LogP contribution is 2.27. The van der Waals surface area contributed by atoms with Crippen LogP contribution in [0.15, 0.2) is 72.8 Å². The predicted molar refractivity (Wildman–Crippen MR) is 102 cm³/mol. The quantitative estimate of drug-likeness (QED) is 0.435. The summed E-state index contributed by atoms with van der Waals surface area (Å²) in [5.74, 6) is -1.66. The zero-order valence-corrected chi connectivity index (χ0v) is 14.5. The molecule has 0 aliphatic rings. The topological polar surface area (TPSA) is 117 Å². The second-order valence-electron chi connectivity index (χ2n) is 5.59. The fourth-order valence-corrected chi connectivity index (χ4v) is 2.33. The van der Waals surface area contributed by atoms with E-state index in [9.17, 15) is 19.8 Å². The predicted octanol–water partition coefficient (Wildman–Crippen LogP) is 3.89. The molecule has 0 bridgehead atoms. The lowest BCUT2D eigenvalue weighted by Gasteiger charge is -2.15. The normalized spacial score (nSPS) is 10.0. The number of para-hydroxylation sites is 2. The van der Waals surface area contributed by atoms with Gasteiger partial charge in [0.2, 0.25) is 0 Å². The van der Waals surface area contributed by atoms with E-state index in [4.69, 9.17) is 9.68 Å². The van der Waals surface area contributed by atoms with Crippen molar-refractivity contribution in [2.24, 2.45) is 0 Å². The van der Waals surface area contributed by atoms with Gasteiger partial charge in [0.15, 0.2) is 11.5 Å². The summed E-state index contributed by atoms with van der Waals surface area (Å²) in [6, 6.07) is 19.5. The van der Waals surface area contributed by atoms with E-state index in [0.717, 1.165) is 12.1 Å². The number of benzene rings is 3. The third-order valence-electron chi connectivity index (χ3n) is 3.66. The maximum atomic E-state index is 11.6. The van der Waals surface area contributed by atoms with Gasteiger partial charge < -0.3 is 19.9 Å². The number of nitrogens with one attached hydrogen (secondary N) is 2. The van der Waals surface area contributed by atoms with E-state index in [-0.39, 0.29) is 22.5 Å². The average Bonchev–Trinajstić information content (AvgIpc) is 2.71. The minimum absolute atomic E-state index is 0.0148. The number of anilines is 2. The van der Waals surface area contributed by atoms with Crippen LogP contribution in [0.1, 0.15) is 20.7 Å². The minimum atomic E-state index is -1.26. The second kappa shape index (κ2) is 8.45. The van der Waals surface area contributed by atoms with Crippen LogP contribution in [0.25, 0.3) is 0 Å². The van der Waals surface area contributed by atoms with Gasteiger partial charge in [0.25, 0.3) is 0 Å². The summed E-state index contributed by atoms with van der Waals surface area (Å²) in [5, 5.41) is 19.0. The summed E-state index contributed by atoms with van der Waals surface area (Å²) in [6.45, 7) is 0. The molecule has 3 rings (SSSR count). The number of carbonyl (C=O) groups is 2. The lowest BCUT2D eigenvalue weighted by atomic mass is 10.1. The van der Waals surface area contributed by atoms with Crippen LogP contribution in [0.4, 0.5) is 11.4 Å². The maximum absolute atomic E-state index is 11.6. The van der Waals surface area contributed by atoms with E-state index in [1.54, 1.807) is 60.7 Å². The standard InChI is InChI=1S/C20H16N2O6/c23-19(24)15-12-18(22-28-14-9-5-2-6-10-14)16(20(25)26)11-17(15)21-27-13-7-3-1-4-8-13/h1-12,21-22H,(H,23,24)(H,25,26). The largest absolute Gasteiger partial charge is 0.478 e. The molecule has 0 amide bonds. The smallest absolute Gasteiger partial charge is 0.338 e. The molecular weight excluding hydrogens is 364 g/mol. The number of rotatable bonds is 8. The first kappa shape index (κ1) is 18.6. The molecule has 4 N–H and O–H groups in total. The third-order valence-corrected chi connectivity index (χ3v) is 3.66. The molecule has 142 valence electrons. The maximum Gasteiger partial charge on any atom is 0.338 e. The lowest BCUT2D eigenvalue weighted by molar-refractivity contribution is 0.0682. The van der Waals surface area contributed by atoms with E-state index in [1.165, 1.54) is 0 Å². The van der Waals surface area contributed by atoms with Gasteiger partial charge in [-0.2, -0.15) is 0 Å². The Hall–Kier alpha value is -4.20. The summed E-state index contributed by atoms with van der Waals surface area (Å²) in [6.07, 6.45) is 0. The van der Waals surface area contributed by atoms with Gasteiger partial charge in [0.05, 0.1) is 22.5 Å². The van der Waals surface area contributed by atoms with Gasteiger partial charge in [-0.1, -0.05) is 36.4 Å². The van der Waals surface area contributed by atoms with Crippen molar-refractivity contribution >= 4 is 23.3 Å². The summed E-state index contributed by atoms with van der Waals surface area (Å²) in [5.41, 5.74) is 4.57. The van der Waals surface area contributed by atoms with Crippen molar-refractivity contribution in [3.63, 3.8) is 0 Å². The van der Waals surface area contributed by atoms with Crippen molar-refractivity contribution < 1.29 is 29.5 Å². The highest BCUT2D eigenvalue weighted by molar-refractivity contribution is 6.01. The Morgan fingerprint density at radius 1 is 0.643 bits per heavy atom. The van der Waals surface area contributed by atoms with Gasteiger partial charge in [-0.15, -0.1) is 0 Å². The van der Waals surface area contributed by atoms with Crippen molar-refractivity contribution in [3.8, 4) is 11.5 Å². The lowest BCUT2D eigenvalue weighted by Crippen LogP contribution is -2.15. The van der Waals surface area contributed by atoms with Crippen molar-refractivity contribution in [2.75, 3.05) is 11.0 Å². The van der Waals surface area contributed by atoms with E-state index in [2.05, 4.69) is 11.0 Å². The average molecular weight is 380 g/mol. The first-order valence-electron chi connectivity index (χ1n) is 8.15. The van der Waals surface area contributed by atoms with E-state index >= 15 is 0 Å². The van der Waals surface area contributed by atoms with Crippen LogP contribution in [0.2, 0.25) is 0 Å². The molecular formula is C20H16N2O6. The summed E-state index contributed by atoms with van der Waals surface area (Å²) >= 11 is 0. The fraction of sp³-hybridized carbons (Fsp3) is 0. The molecule has 0 aliphatic heterocycles. The number of hydrogen-bond acceptors (Lipinski definition) is 6. The molecule has 8 nitrogen and oxygen atoms in total. The molecule has 0 saturated heterocycles. The summed E-state index contributed by atoms with van der Waals surface area (Å²) in [7, 11) is 0. The molecule has 0 unspecified atom stereocenters. The molecule has 0 heterocycles. The molecule has 8 heteroatoms. The molecule has 0 aliphatic carbocycles. The first-order valence-corrected chi connectivity index (χ1v) is 8.15. The molecule has 0 spiro atoms. The Morgan fingerprint density at radius 2 is 1.00 bits per heavy atom. The van der Waals surface area contributed by atoms with Crippen LogP contribution in [0.3, 0.4) is 0 Å². The van der Waals surface area contributed by atoms with Crippen LogP contribution >= 0.6 is 0 Å². The first-order chi connectivity index (χ1) is 13.5. The van der Waals surface area contributed by atoms with Gasteiger partial charge in [-0.25, -0.2) is 20.5 Å². The third kappa shape index (κ3) is 4.50. The Bertz CT molecular complexity index is 895. The zero-order chi connectivity index (χ0) is 19.9. The highest BCUT2D eigenvalue weighted by atomic mass is 16.6. The molecule has 0 radical (unpaired) electrons. The Balaban J connectivity index is 1.88. The van der Waals surface area contributed by atoms with Crippen LogP contribution in [-0.4, -0.2) is 22.2 Å². The van der Waals surface area contributed by atoms with Gasteiger partial charge >= 0.3 is 11.9 Å². The Morgan fingerprint density at radius 3 is 1.32 bits per heavy atom. The Labute approximate surface area is 159 Å². The second-order valence-corrected chi connectivity index (χ2v) is 5.59.